The molecule has 0 aromatic rings. The van der Waals surface area contributed by atoms with Crippen molar-refractivity contribution in [1.82, 2.24) is 5.32 Å². The zero-order valence-electron chi connectivity index (χ0n) is 5.87. The number of nitrogens with zero attached hydrogens (tertiary/aromatic N) is 1. The van der Waals surface area contributed by atoms with E-state index in [2.05, 4.69) is 10.3 Å². The molecule has 1 heterocycles. The van der Waals surface area contributed by atoms with Crippen LogP contribution in [0.15, 0.2) is 28.1 Å². The van der Waals surface area contributed by atoms with E-state index in [1.807, 2.05) is 6.21 Å². The maximum Gasteiger partial charge on any atom is 0.135 e. The molecule has 0 aromatic heterocycles. The van der Waals surface area contributed by atoms with Gasteiger partial charge in [0.05, 0.1) is 5.70 Å². The molecule has 2 aliphatic rings. The molecule has 0 radical (unpaired) electrons. The van der Waals surface area contributed by atoms with Crippen molar-refractivity contribution in [2.24, 2.45) is 4.99 Å². The standard InChI is InChI=1S/C7H8N2O.ClH/c10-6-2-1-5-3-8-4-9-7(5)6;/h2-3,9-10H,1,4H2;1H. The Kier molecular flexibility index (Phi) is 2.19. The van der Waals surface area contributed by atoms with Crippen LogP contribution >= 0.6 is 12.4 Å². The highest BCUT2D eigenvalue weighted by Crippen LogP contribution is 2.22. The lowest BCUT2D eigenvalue weighted by Gasteiger charge is -2.10. The summed E-state index contributed by atoms with van der Waals surface area (Å²) in [5.74, 6) is 0.362. The first-order valence-corrected chi connectivity index (χ1v) is 3.24. The Hall–Kier alpha value is -0.960. The van der Waals surface area contributed by atoms with Crippen LogP contribution in [0.1, 0.15) is 6.42 Å². The molecule has 60 valence electrons. The van der Waals surface area contributed by atoms with E-state index in [0.29, 0.717) is 12.4 Å². The molecule has 1 aliphatic carbocycles. The number of aliphatic hydroxyl groups is 1. The van der Waals surface area contributed by atoms with Crippen LogP contribution in [-0.4, -0.2) is 18.0 Å². The number of aliphatic hydroxyl groups excluding tert-OH is 1. The van der Waals surface area contributed by atoms with E-state index < -0.39 is 0 Å². The fourth-order valence-electron chi connectivity index (χ4n) is 1.18. The number of hydrogen-bond donors (Lipinski definition) is 2. The lowest BCUT2D eigenvalue weighted by molar-refractivity contribution is 0.415. The van der Waals surface area contributed by atoms with Crippen LogP contribution in [-0.2, 0) is 0 Å². The summed E-state index contributed by atoms with van der Waals surface area (Å²) in [6.07, 6.45) is 4.40. The van der Waals surface area contributed by atoms with Crippen molar-refractivity contribution < 1.29 is 5.11 Å². The first-order valence-electron chi connectivity index (χ1n) is 3.24. The van der Waals surface area contributed by atoms with Crippen LogP contribution in [0.4, 0.5) is 0 Å². The van der Waals surface area contributed by atoms with Gasteiger partial charge in [-0.1, -0.05) is 0 Å². The molecule has 0 aromatic carbocycles. The molecule has 0 fully saturated rings. The molecule has 0 amide bonds. The number of aliphatic imine (C=N–C) groups is 1. The molecular formula is C7H9ClN2O. The Morgan fingerprint density at radius 3 is 3.09 bits per heavy atom. The molecule has 2 rings (SSSR count). The van der Waals surface area contributed by atoms with Crippen molar-refractivity contribution in [3.63, 3.8) is 0 Å². The molecular weight excluding hydrogens is 164 g/mol. The van der Waals surface area contributed by atoms with Crippen molar-refractivity contribution in [1.29, 1.82) is 0 Å². The number of allylic oxidation sites excluding steroid dienone is 2. The second-order valence-corrected chi connectivity index (χ2v) is 2.34. The van der Waals surface area contributed by atoms with Crippen LogP contribution in [0.25, 0.3) is 0 Å². The maximum atomic E-state index is 9.20. The second kappa shape index (κ2) is 2.96. The Balaban J connectivity index is 0.000000605. The van der Waals surface area contributed by atoms with Gasteiger partial charge in [-0.15, -0.1) is 12.4 Å². The van der Waals surface area contributed by atoms with Gasteiger partial charge in [0.1, 0.15) is 12.4 Å². The van der Waals surface area contributed by atoms with Gasteiger partial charge in [0.2, 0.25) is 0 Å². The number of nitrogens with one attached hydrogen (secondary N) is 1. The first kappa shape index (κ1) is 8.14. The molecule has 0 saturated carbocycles. The zero-order chi connectivity index (χ0) is 6.97. The third-order valence-corrected chi connectivity index (χ3v) is 1.69. The van der Waals surface area contributed by atoms with E-state index in [-0.39, 0.29) is 12.4 Å². The summed E-state index contributed by atoms with van der Waals surface area (Å²) >= 11 is 0. The van der Waals surface area contributed by atoms with Gasteiger partial charge in [-0.05, 0) is 12.5 Å². The number of rotatable bonds is 0. The summed E-state index contributed by atoms with van der Waals surface area (Å²) in [7, 11) is 0. The SMILES string of the molecule is Cl.OC1=CCC2=C1NCN=C2. The summed E-state index contributed by atoms with van der Waals surface area (Å²) in [4.78, 5) is 4.02. The highest BCUT2D eigenvalue weighted by Gasteiger charge is 2.16. The molecule has 0 atom stereocenters. The molecule has 4 heteroatoms. The van der Waals surface area contributed by atoms with Crippen LogP contribution in [0.3, 0.4) is 0 Å². The van der Waals surface area contributed by atoms with E-state index in [1.54, 1.807) is 6.08 Å². The average Bonchev–Trinajstić information content (AvgIpc) is 2.34. The van der Waals surface area contributed by atoms with E-state index in [1.165, 1.54) is 0 Å². The summed E-state index contributed by atoms with van der Waals surface area (Å²) in [5.41, 5.74) is 1.94. The van der Waals surface area contributed by atoms with Crippen molar-refractivity contribution >= 4 is 18.6 Å². The minimum atomic E-state index is 0. The fraction of sp³-hybridized carbons (Fsp3) is 0.286. The lowest BCUT2D eigenvalue weighted by Crippen LogP contribution is -2.19. The normalized spacial score (nSPS) is 20.2. The minimum absolute atomic E-state index is 0. The molecule has 0 saturated heterocycles. The summed E-state index contributed by atoms with van der Waals surface area (Å²) in [6, 6.07) is 0. The smallest absolute Gasteiger partial charge is 0.135 e. The predicted molar refractivity (Wildman–Crippen MR) is 46.1 cm³/mol. The van der Waals surface area contributed by atoms with Crippen molar-refractivity contribution in [3.05, 3.63) is 23.1 Å². The molecule has 1 aliphatic heterocycles. The van der Waals surface area contributed by atoms with Gasteiger partial charge in [-0.25, -0.2) is 0 Å². The Morgan fingerprint density at radius 2 is 2.36 bits per heavy atom. The number of hydrogen-bond acceptors (Lipinski definition) is 3. The van der Waals surface area contributed by atoms with Crippen molar-refractivity contribution in [2.75, 3.05) is 6.67 Å². The van der Waals surface area contributed by atoms with Crippen LogP contribution in [0.2, 0.25) is 0 Å². The van der Waals surface area contributed by atoms with Crippen LogP contribution in [0.5, 0.6) is 0 Å². The maximum absolute atomic E-state index is 9.20. The van der Waals surface area contributed by atoms with Gasteiger partial charge in [0.25, 0.3) is 0 Å². The highest BCUT2D eigenvalue weighted by molar-refractivity contribution is 5.85. The third-order valence-electron chi connectivity index (χ3n) is 1.69. The molecule has 0 unspecified atom stereocenters. The third kappa shape index (κ3) is 1.24. The molecule has 0 bridgehead atoms. The summed E-state index contributed by atoms with van der Waals surface area (Å²) < 4.78 is 0. The van der Waals surface area contributed by atoms with Crippen LogP contribution < -0.4 is 5.32 Å². The number of halogens is 1. The quantitative estimate of drug-likeness (QED) is 0.576. The molecule has 0 spiro atoms. The first-order chi connectivity index (χ1) is 4.88. The second-order valence-electron chi connectivity index (χ2n) is 2.34. The van der Waals surface area contributed by atoms with E-state index in [9.17, 15) is 5.11 Å². The fourth-order valence-corrected chi connectivity index (χ4v) is 1.18. The van der Waals surface area contributed by atoms with E-state index >= 15 is 0 Å². The van der Waals surface area contributed by atoms with Gasteiger partial charge in [-0.3, -0.25) is 4.99 Å². The van der Waals surface area contributed by atoms with Crippen LogP contribution in [0, 0.1) is 0 Å². The minimum Gasteiger partial charge on any atom is -0.506 e. The van der Waals surface area contributed by atoms with Crippen molar-refractivity contribution in [3.8, 4) is 0 Å². The lowest BCUT2D eigenvalue weighted by atomic mass is 10.2. The zero-order valence-corrected chi connectivity index (χ0v) is 6.69. The largest absolute Gasteiger partial charge is 0.506 e. The monoisotopic (exact) mass is 172 g/mol. The Bertz CT molecular complexity index is 255. The van der Waals surface area contributed by atoms with E-state index in [4.69, 9.17) is 0 Å². The average molecular weight is 173 g/mol. The van der Waals surface area contributed by atoms with Gasteiger partial charge in [0.15, 0.2) is 0 Å². The summed E-state index contributed by atoms with van der Waals surface area (Å²) in [6.45, 7) is 0.580. The molecule has 3 nitrogen and oxygen atoms in total. The molecule has 11 heavy (non-hydrogen) atoms. The van der Waals surface area contributed by atoms with E-state index in [0.717, 1.165) is 17.7 Å². The highest BCUT2D eigenvalue weighted by atomic mass is 35.5. The Morgan fingerprint density at radius 1 is 1.55 bits per heavy atom. The predicted octanol–water partition coefficient (Wildman–Crippen LogP) is 1.14. The van der Waals surface area contributed by atoms with Crippen molar-refractivity contribution in [2.45, 2.75) is 6.42 Å². The summed E-state index contributed by atoms with van der Waals surface area (Å²) in [5, 5.41) is 12.2. The topological polar surface area (TPSA) is 44.6 Å². The molecule has 2 N–H and O–H groups in total. The van der Waals surface area contributed by atoms with Gasteiger partial charge in [0, 0.05) is 11.8 Å². The van der Waals surface area contributed by atoms with Gasteiger partial charge >= 0.3 is 0 Å². The van der Waals surface area contributed by atoms with Gasteiger partial charge in [-0.2, -0.15) is 0 Å². The van der Waals surface area contributed by atoms with Gasteiger partial charge < -0.3 is 10.4 Å². The Labute approximate surface area is 70.9 Å².